The Kier molecular flexibility index (Phi) is 3.40. The Labute approximate surface area is 110 Å². The molecule has 5 nitrogen and oxygen atoms in total. The Bertz CT molecular complexity index is 647. The van der Waals surface area contributed by atoms with E-state index >= 15 is 0 Å². The molecule has 2 rings (SSSR count). The Morgan fingerprint density at radius 1 is 1.26 bits per heavy atom. The highest BCUT2D eigenvalue weighted by Gasteiger charge is 2.30. The van der Waals surface area contributed by atoms with E-state index in [-0.39, 0.29) is 11.5 Å². The molecule has 2 N–H and O–H groups in total. The SMILES string of the molecule is COc1ccccc1C1C(C#N)=COC(N)=C1C#N. The maximum Gasteiger partial charge on any atom is 0.204 e. The molecule has 1 aliphatic heterocycles. The second kappa shape index (κ2) is 5.16. The topological polar surface area (TPSA) is 92.1 Å². The molecule has 0 bridgehead atoms. The van der Waals surface area contributed by atoms with Gasteiger partial charge in [-0.2, -0.15) is 10.5 Å². The van der Waals surface area contributed by atoms with Crippen LogP contribution in [0.25, 0.3) is 0 Å². The molecule has 0 radical (unpaired) electrons. The standard InChI is InChI=1S/C14H11N3O2/c1-18-12-5-3-2-4-10(12)13-9(6-15)8-19-14(17)11(13)7-16/h2-5,8,13H,17H2,1H3. The van der Waals surface area contributed by atoms with Crippen LogP contribution in [0.2, 0.25) is 0 Å². The Morgan fingerprint density at radius 3 is 2.63 bits per heavy atom. The van der Waals surface area contributed by atoms with Gasteiger partial charge in [0.25, 0.3) is 0 Å². The molecular weight excluding hydrogens is 242 g/mol. The van der Waals surface area contributed by atoms with Gasteiger partial charge in [0.05, 0.1) is 24.7 Å². The highest BCUT2D eigenvalue weighted by atomic mass is 16.5. The first kappa shape index (κ1) is 12.5. The fourth-order valence-electron chi connectivity index (χ4n) is 1.99. The summed E-state index contributed by atoms with van der Waals surface area (Å²) in [5, 5.41) is 18.4. The van der Waals surface area contributed by atoms with Crippen molar-refractivity contribution in [2.45, 2.75) is 5.92 Å². The number of nitrogens with zero attached hydrogens (tertiary/aromatic N) is 2. The van der Waals surface area contributed by atoms with Crippen molar-refractivity contribution >= 4 is 0 Å². The normalized spacial score (nSPS) is 17.8. The van der Waals surface area contributed by atoms with Crippen LogP contribution in [0.1, 0.15) is 11.5 Å². The number of nitriles is 2. The van der Waals surface area contributed by atoms with Crippen molar-refractivity contribution in [1.82, 2.24) is 0 Å². The number of methoxy groups -OCH3 is 1. The van der Waals surface area contributed by atoms with Crippen LogP contribution in [0.3, 0.4) is 0 Å². The minimum absolute atomic E-state index is 0.0115. The molecular formula is C14H11N3O2. The molecule has 1 aromatic rings. The zero-order valence-corrected chi connectivity index (χ0v) is 10.3. The molecule has 0 saturated heterocycles. The van der Waals surface area contributed by atoms with Crippen LogP contribution >= 0.6 is 0 Å². The largest absolute Gasteiger partial charge is 0.496 e. The summed E-state index contributed by atoms with van der Waals surface area (Å²) in [5.41, 5.74) is 6.90. The molecule has 0 amide bonds. The van der Waals surface area contributed by atoms with Gasteiger partial charge in [-0.25, -0.2) is 0 Å². The third-order valence-corrected chi connectivity index (χ3v) is 2.88. The van der Waals surface area contributed by atoms with Gasteiger partial charge in [0.2, 0.25) is 5.88 Å². The van der Waals surface area contributed by atoms with E-state index in [1.807, 2.05) is 24.3 Å². The van der Waals surface area contributed by atoms with Crippen LogP contribution in [0.5, 0.6) is 5.75 Å². The molecule has 5 heteroatoms. The maximum absolute atomic E-state index is 9.22. The maximum atomic E-state index is 9.22. The minimum Gasteiger partial charge on any atom is -0.496 e. The van der Waals surface area contributed by atoms with Gasteiger partial charge in [0, 0.05) is 5.56 Å². The number of hydrogen-bond donors (Lipinski definition) is 1. The van der Waals surface area contributed by atoms with Crippen molar-refractivity contribution < 1.29 is 9.47 Å². The van der Waals surface area contributed by atoms with Crippen molar-refractivity contribution in [3.05, 3.63) is 53.1 Å². The summed E-state index contributed by atoms with van der Waals surface area (Å²) in [6.45, 7) is 0. The molecule has 19 heavy (non-hydrogen) atoms. The van der Waals surface area contributed by atoms with Gasteiger partial charge >= 0.3 is 0 Å². The summed E-state index contributed by atoms with van der Waals surface area (Å²) in [6.07, 6.45) is 1.27. The van der Waals surface area contributed by atoms with Crippen LogP contribution in [0.4, 0.5) is 0 Å². The zero-order chi connectivity index (χ0) is 13.8. The van der Waals surface area contributed by atoms with Gasteiger partial charge in [-0.15, -0.1) is 0 Å². The molecule has 1 unspecified atom stereocenters. The molecule has 0 aromatic heterocycles. The second-order valence-electron chi connectivity index (χ2n) is 3.87. The van der Waals surface area contributed by atoms with Crippen LogP contribution in [-0.2, 0) is 4.74 Å². The lowest BCUT2D eigenvalue weighted by Gasteiger charge is -2.22. The van der Waals surface area contributed by atoms with Crippen molar-refractivity contribution in [2.75, 3.05) is 7.11 Å². The number of para-hydroxylation sites is 1. The van der Waals surface area contributed by atoms with Gasteiger partial charge < -0.3 is 15.2 Å². The van der Waals surface area contributed by atoms with Crippen molar-refractivity contribution in [2.24, 2.45) is 5.73 Å². The Balaban J connectivity index is 2.62. The van der Waals surface area contributed by atoms with Gasteiger partial charge in [-0.3, -0.25) is 0 Å². The average molecular weight is 253 g/mol. The number of rotatable bonds is 2. The molecule has 0 saturated carbocycles. The zero-order valence-electron chi connectivity index (χ0n) is 10.3. The summed E-state index contributed by atoms with van der Waals surface area (Å²) in [6, 6.07) is 11.2. The number of hydrogen-bond acceptors (Lipinski definition) is 5. The molecule has 94 valence electrons. The van der Waals surface area contributed by atoms with Crippen LogP contribution in [0.15, 0.2) is 47.6 Å². The van der Waals surface area contributed by atoms with E-state index in [1.54, 1.807) is 12.1 Å². The van der Waals surface area contributed by atoms with E-state index in [0.717, 1.165) is 0 Å². The van der Waals surface area contributed by atoms with Gasteiger partial charge in [0.1, 0.15) is 23.7 Å². The lowest BCUT2D eigenvalue weighted by molar-refractivity contribution is 0.325. The van der Waals surface area contributed by atoms with Crippen molar-refractivity contribution in [1.29, 1.82) is 10.5 Å². The summed E-state index contributed by atoms with van der Waals surface area (Å²) >= 11 is 0. The first-order valence-electron chi connectivity index (χ1n) is 5.52. The quantitative estimate of drug-likeness (QED) is 0.869. The van der Waals surface area contributed by atoms with Gasteiger partial charge in [-0.1, -0.05) is 18.2 Å². The first-order chi connectivity index (χ1) is 9.22. The number of allylic oxidation sites excluding steroid dienone is 2. The molecule has 0 aliphatic carbocycles. The predicted molar refractivity (Wildman–Crippen MR) is 67.3 cm³/mol. The van der Waals surface area contributed by atoms with Crippen LogP contribution in [0, 0.1) is 22.7 Å². The molecule has 1 aromatic carbocycles. The number of benzene rings is 1. The Morgan fingerprint density at radius 2 is 2.00 bits per heavy atom. The lowest BCUT2D eigenvalue weighted by Crippen LogP contribution is -2.17. The molecule has 0 spiro atoms. The van der Waals surface area contributed by atoms with E-state index in [9.17, 15) is 10.5 Å². The van der Waals surface area contributed by atoms with Crippen LogP contribution in [-0.4, -0.2) is 7.11 Å². The first-order valence-corrected chi connectivity index (χ1v) is 5.52. The highest BCUT2D eigenvalue weighted by Crippen LogP contribution is 2.39. The van der Waals surface area contributed by atoms with E-state index < -0.39 is 5.92 Å². The summed E-state index contributed by atoms with van der Waals surface area (Å²) < 4.78 is 10.3. The molecule has 1 atom stereocenters. The predicted octanol–water partition coefficient (Wildman–Crippen LogP) is 1.91. The number of ether oxygens (including phenoxy) is 2. The summed E-state index contributed by atoms with van der Waals surface area (Å²) in [7, 11) is 1.53. The second-order valence-corrected chi connectivity index (χ2v) is 3.87. The van der Waals surface area contributed by atoms with E-state index in [2.05, 4.69) is 0 Å². The average Bonchev–Trinajstić information content (AvgIpc) is 2.46. The third-order valence-electron chi connectivity index (χ3n) is 2.88. The minimum atomic E-state index is -0.556. The van der Waals surface area contributed by atoms with Crippen molar-refractivity contribution in [3.8, 4) is 17.9 Å². The van der Waals surface area contributed by atoms with E-state index in [4.69, 9.17) is 15.2 Å². The van der Waals surface area contributed by atoms with E-state index in [0.29, 0.717) is 16.9 Å². The fraction of sp³-hybridized carbons (Fsp3) is 0.143. The summed E-state index contributed by atoms with van der Waals surface area (Å²) in [5.74, 6) is 0.0495. The molecule has 1 heterocycles. The third kappa shape index (κ3) is 2.10. The van der Waals surface area contributed by atoms with E-state index in [1.165, 1.54) is 13.4 Å². The van der Waals surface area contributed by atoms with Crippen LogP contribution < -0.4 is 10.5 Å². The lowest BCUT2D eigenvalue weighted by atomic mass is 9.84. The molecule has 0 fully saturated rings. The highest BCUT2D eigenvalue weighted by molar-refractivity contribution is 5.55. The summed E-state index contributed by atoms with van der Waals surface area (Å²) in [4.78, 5) is 0. The van der Waals surface area contributed by atoms with Crippen molar-refractivity contribution in [3.63, 3.8) is 0 Å². The van der Waals surface area contributed by atoms with Gasteiger partial charge in [-0.05, 0) is 6.07 Å². The number of nitrogens with two attached hydrogens (primary N) is 1. The smallest absolute Gasteiger partial charge is 0.204 e. The van der Waals surface area contributed by atoms with Gasteiger partial charge in [0.15, 0.2) is 0 Å². The Hall–Kier alpha value is -2.92. The monoisotopic (exact) mass is 253 g/mol. The molecule has 1 aliphatic rings. The fourth-order valence-corrected chi connectivity index (χ4v) is 1.99.